The molecule has 2 nitrogen and oxygen atoms in total. The molecule has 1 N–H and O–H groups in total. The Morgan fingerprint density at radius 1 is 1.20 bits per heavy atom. The van der Waals surface area contributed by atoms with E-state index < -0.39 is 6.61 Å². The fraction of sp³-hybridized carbons (Fsp3) is 0.333. The Kier molecular flexibility index (Phi) is 4.60. The van der Waals surface area contributed by atoms with Gasteiger partial charge in [-0.05, 0) is 44.5 Å². The second-order valence-electron chi connectivity index (χ2n) is 4.61. The molecule has 20 heavy (non-hydrogen) atoms. The highest BCUT2D eigenvalue weighted by atomic mass is 32.1. The van der Waals surface area contributed by atoms with Gasteiger partial charge >= 0.3 is 6.61 Å². The van der Waals surface area contributed by atoms with Crippen LogP contribution in [0.1, 0.15) is 28.3 Å². The molecule has 1 atom stereocenters. The highest BCUT2D eigenvalue weighted by Crippen LogP contribution is 2.32. The van der Waals surface area contributed by atoms with E-state index in [2.05, 4.69) is 30.0 Å². The topological polar surface area (TPSA) is 21.3 Å². The molecular weight excluding hydrogens is 280 g/mol. The maximum absolute atomic E-state index is 12.4. The fourth-order valence-electron chi connectivity index (χ4n) is 2.18. The van der Waals surface area contributed by atoms with E-state index in [4.69, 9.17) is 0 Å². The molecule has 108 valence electrons. The van der Waals surface area contributed by atoms with Crippen molar-refractivity contribution >= 4 is 17.0 Å². The van der Waals surface area contributed by atoms with Crippen LogP contribution < -0.4 is 10.1 Å². The van der Waals surface area contributed by atoms with Gasteiger partial charge in [-0.3, -0.25) is 0 Å². The number of alkyl halides is 2. The fourth-order valence-corrected chi connectivity index (χ4v) is 3.20. The van der Waals surface area contributed by atoms with Crippen LogP contribution in [0, 0.1) is 13.8 Å². The van der Waals surface area contributed by atoms with Crippen molar-refractivity contribution in [3.8, 4) is 5.75 Å². The van der Waals surface area contributed by atoms with Crippen LogP contribution in [0.15, 0.2) is 30.3 Å². The van der Waals surface area contributed by atoms with Crippen LogP contribution in [0.25, 0.3) is 0 Å². The zero-order chi connectivity index (χ0) is 14.7. The van der Waals surface area contributed by atoms with Crippen molar-refractivity contribution in [3.63, 3.8) is 0 Å². The molecule has 5 heteroatoms. The molecule has 2 rings (SSSR count). The lowest BCUT2D eigenvalue weighted by molar-refractivity contribution is -0.0493. The summed E-state index contributed by atoms with van der Waals surface area (Å²) in [7, 11) is 0. The number of thiophene rings is 1. The van der Waals surface area contributed by atoms with Crippen molar-refractivity contribution in [3.05, 3.63) is 45.6 Å². The van der Waals surface area contributed by atoms with Crippen molar-refractivity contribution in [2.24, 2.45) is 0 Å². The number of hydrogen-bond donors (Lipinski definition) is 1. The Hall–Kier alpha value is -1.62. The largest absolute Gasteiger partial charge is 0.433 e. The third-order valence-corrected chi connectivity index (χ3v) is 4.00. The number of aryl methyl sites for hydroxylation is 2. The molecule has 0 aliphatic rings. The van der Waals surface area contributed by atoms with Crippen molar-refractivity contribution in [2.45, 2.75) is 33.4 Å². The molecule has 0 bridgehead atoms. The molecule has 1 heterocycles. The molecular formula is C15H17F2NOS. The second-order valence-corrected chi connectivity index (χ2v) is 6.07. The summed E-state index contributed by atoms with van der Waals surface area (Å²) in [6.45, 7) is 3.31. The highest BCUT2D eigenvalue weighted by Gasteiger charge is 2.14. The van der Waals surface area contributed by atoms with Gasteiger partial charge in [0.1, 0.15) is 5.75 Å². The number of benzene rings is 1. The van der Waals surface area contributed by atoms with E-state index in [0.29, 0.717) is 5.69 Å². The first-order chi connectivity index (χ1) is 9.47. The molecule has 0 spiro atoms. The first-order valence-electron chi connectivity index (χ1n) is 6.34. The van der Waals surface area contributed by atoms with Gasteiger partial charge in [-0.2, -0.15) is 8.78 Å². The van der Waals surface area contributed by atoms with Gasteiger partial charge < -0.3 is 10.1 Å². The van der Waals surface area contributed by atoms with Crippen LogP contribution in [0.5, 0.6) is 5.75 Å². The van der Waals surface area contributed by atoms with E-state index in [1.807, 2.05) is 6.92 Å². The van der Waals surface area contributed by atoms with E-state index in [9.17, 15) is 8.78 Å². The van der Waals surface area contributed by atoms with Crippen LogP contribution in [-0.2, 0) is 0 Å². The van der Waals surface area contributed by atoms with Gasteiger partial charge in [0.25, 0.3) is 0 Å². The van der Waals surface area contributed by atoms with Crippen LogP contribution in [0.2, 0.25) is 0 Å². The maximum Gasteiger partial charge on any atom is 0.387 e. The third kappa shape index (κ3) is 3.48. The Morgan fingerprint density at radius 3 is 2.50 bits per heavy atom. The molecule has 0 fully saturated rings. The minimum Gasteiger partial charge on any atom is -0.433 e. The predicted molar refractivity (Wildman–Crippen MR) is 78.9 cm³/mol. The van der Waals surface area contributed by atoms with Crippen LogP contribution >= 0.6 is 11.3 Å². The molecule has 0 amide bonds. The zero-order valence-electron chi connectivity index (χ0n) is 11.6. The van der Waals surface area contributed by atoms with E-state index >= 15 is 0 Å². The lowest BCUT2D eigenvalue weighted by atomic mass is 10.1. The number of nitrogens with one attached hydrogen (secondary N) is 1. The normalized spacial score (nSPS) is 12.5. The van der Waals surface area contributed by atoms with E-state index in [1.54, 1.807) is 29.5 Å². The standard InChI is InChI=1S/C15H17F2NOS/c1-9-8-12(11(3)20-9)10(2)18-13-6-4-5-7-14(13)19-15(16)17/h4-8,10,15,18H,1-3H3. The Morgan fingerprint density at radius 2 is 1.90 bits per heavy atom. The molecule has 1 unspecified atom stereocenters. The number of rotatable bonds is 5. The quantitative estimate of drug-likeness (QED) is 0.825. The van der Waals surface area contributed by atoms with Gasteiger partial charge in [0, 0.05) is 15.8 Å². The minimum atomic E-state index is -2.82. The van der Waals surface area contributed by atoms with Crippen molar-refractivity contribution in [1.82, 2.24) is 0 Å². The zero-order valence-corrected chi connectivity index (χ0v) is 12.4. The molecule has 1 aromatic heterocycles. The highest BCUT2D eigenvalue weighted by molar-refractivity contribution is 7.12. The summed E-state index contributed by atoms with van der Waals surface area (Å²) in [6, 6.07) is 8.89. The summed E-state index contributed by atoms with van der Waals surface area (Å²) < 4.78 is 29.3. The van der Waals surface area contributed by atoms with Gasteiger partial charge in [-0.25, -0.2) is 0 Å². The average molecular weight is 297 g/mol. The maximum atomic E-state index is 12.4. The summed E-state index contributed by atoms with van der Waals surface area (Å²) >= 11 is 1.73. The smallest absolute Gasteiger partial charge is 0.387 e. The van der Waals surface area contributed by atoms with Gasteiger partial charge in [0.05, 0.1) is 5.69 Å². The van der Waals surface area contributed by atoms with Gasteiger partial charge in [0.2, 0.25) is 0 Å². The Labute approximate surface area is 121 Å². The minimum absolute atomic E-state index is 0.0300. The first kappa shape index (κ1) is 14.8. The number of anilines is 1. The monoisotopic (exact) mass is 297 g/mol. The van der Waals surface area contributed by atoms with E-state index in [-0.39, 0.29) is 11.8 Å². The number of halogens is 2. The molecule has 1 aromatic carbocycles. The summed E-state index contributed by atoms with van der Waals surface area (Å²) in [6.07, 6.45) is 0. The van der Waals surface area contributed by atoms with Gasteiger partial charge in [-0.1, -0.05) is 12.1 Å². The lowest BCUT2D eigenvalue weighted by Crippen LogP contribution is -2.10. The molecule has 0 radical (unpaired) electrons. The van der Waals surface area contributed by atoms with Crippen LogP contribution in [-0.4, -0.2) is 6.61 Å². The van der Waals surface area contributed by atoms with Crippen molar-refractivity contribution in [1.29, 1.82) is 0 Å². The number of ether oxygens (including phenoxy) is 1. The number of para-hydroxylation sites is 2. The number of hydrogen-bond acceptors (Lipinski definition) is 3. The van der Waals surface area contributed by atoms with Gasteiger partial charge in [0.15, 0.2) is 0 Å². The molecule has 0 aliphatic carbocycles. The molecule has 0 aliphatic heterocycles. The molecule has 0 saturated carbocycles. The summed E-state index contributed by atoms with van der Waals surface area (Å²) in [5.74, 6) is 0.166. The first-order valence-corrected chi connectivity index (χ1v) is 7.16. The van der Waals surface area contributed by atoms with Crippen molar-refractivity contribution in [2.75, 3.05) is 5.32 Å². The van der Waals surface area contributed by atoms with Crippen molar-refractivity contribution < 1.29 is 13.5 Å². The second kappa shape index (κ2) is 6.22. The summed E-state index contributed by atoms with van der Waals surface area (Å²) in [5.41, 5.74) is 1.75. The molecule has 0 saturated heterocycles. The van der Waals surface area contributed by atoms with Gasteiger partial charge in [-0.15, -0.1) is 11.3 Å². The summed E-state index contributed by atoms with van der Waals surface area (Å²) in [5, 5.41) is 3.23. The SMILES string of the molecule is Cc1cc(C(C)Nc2ccccc2OC(F)F)c(C)s1. The summed E-state index contributed by atoms with van der Waals surface area (Å²) in [4.78, 5) is 2.47. The van der Waals surface area contributed by atoms with E-state index in [1.165, 1.54) is 21.4 Å². The van der Waals surface area contributed by atoms with E-state index in [0.717, 1.165) is 0 Å². The predicted octanol–water partition coefficient (Wildman–Crippen LogP) is 5.14. The molecule has 2 aromatic rings. The third-order valence-electron chi connectivity index (χ3n) is 3.02. The Bertz CT molecular complexity index is 583. The van der Waals surface area contributed by atoms with Crippen LogP contribution in [0.4, 0.5) is 14.5 Å². The lowest BCUT2D eigenvalue weighted by Gasteiger charge is -2.18. The average Bonchev–Trinajstić information content (AvgIpc) is 2.70. The van der Waals surface area contributed by atoms with Crippen LogP contribution in [0.3, 0.4) is 0 Å². The Balaban J connectivity index is 2.19.